The molecule has 1 aromatic heterocycles. The lowest BCUT2D eigenvalue weighted by Crippen LogP contribution is -2.51. The number of hydrogen-bond acceptors (Lipinski definition) is 5. The molecule has 22 heavy (non-hydrogen) atoms. The van der Waals surface area contributed by atoms with Gasteiger partial charge >= 0.3 is 5.97 Å². The van der Waals surface area contributed by atoms with Gasteiger partial charge in [-0.25, -0.2) is 13.2 Å². The van der Waals surface area contributed by atoms with Crippen molar-refractivity contribution in [3.8, 4) is 0 Å². The van der Waals surface area contributed by atoms with E-state index in [-0.39, 0.29) is 43.2 Å². The Kier molecular flexibility index (Phi) is 4.52. The summed E-state index contributed by atoms with van der Waals surface area (Å²) in [6, 6.07) is 0. The molecule has 0 atom stereocenters. The number of sulfonamides is 1. The van der Waals surface area contributed by atoms with Crippen LogP contribution in [0.5, 0.6) is 0 Å². The quantitative estimate of drug-likeness (QED) is 0.775. The third-order valence-corrected chi connectivity index (χ3v) is 5.43. The summed E-state index contributed by atoms with van der Waals surface area (Å²) >= 11 is 0. The zero-order valence-corrected chi connectivity index (χ0v) is 13.2. The van der Waals surface area contributed by atoms with Gasteiger partial charge in [0.15, 0.2) is 5.69 Å². The highest BCUT2D eigenvalue weighted by atomic mass is 32.2. The van der Waals surface area contributed by atoms with Crippen LogP contribution in [0.25, 0.3) is 0 Å². The van der Waals surface area contributed by atoms with Crippen molar-refractivity contribution in [1.29, 1.82) is 0 Å². The van der Waals surface area contributed by atoms with Crippen LogP contribution in [0, 0.1) is 0 Å². The van der Waals surface area contributed by atoms with Crippen LogP contribution in [-0.2, 0) is 17.1 Å². The molecule has 2 heterocycles. The predicted molar refractivity (Wildman–Crippen MR) is 77.1 cm³/mol. The van der Waals surface area contributed by atoms with E-state index in [1.54, 1.807) is 6.92 Å². The topological polar surface area (TPSA) is 113 Å². The van der Waals surface area contributed by atoms with Crippen LogP contribution >= 0.6 is 0 Å². The van der Waals surface area contributed by atoms with E-state index in [1.165, 1.54) is 27.1 Å². The van der Waals surface area contributed by atoms with Crippen molar-refractivity contribution in [3.05, 3.63) is 17.5 Å². The first-order valence-electron chi connectivity index (χ1n) is 6.80. The first-order valence-corrected chi connectivity index (χ1v) is 8.41. The van der Waals surface area contributed by atoms with E-state index < -0.39 is 21.9 Å². The first-order chi connectivity index (χ1) is 10.3. The number of carboxylic acid groups (broad SMARTS) is 1. The van der Waals surface area contributed by atoms with Gasteiger partial charge in [-0.15, -0.1) is 0 Å². The van der Waals surface area contributed by atoms with Crippen molar-refractivity contribution >= 4 is 21.9 Å². The number of aromatic carboxylic acids is 1. The van der Waals surface area contributed by atoms with Crippen molar-refractivity contribution in [2.75, 3.05) is 31.9 Å². The lowest BCUT2D eigenvalue weighted by molar-refractivity contribution is 0.0653. The maximum absolute atomic E-state index is 12.4. The molecular formula is C12H18N4O5S. The Bertz CT molecular complexity index is 688. The third kappa shape index (κ3) is 3.12. The number of carbonyl (C=O) groups excluding carboxylic acids is 1. The molecule has 1 aromatic rings. The summed E-state index contributed by atoms with van der Waals surface area (Å²) in [5, 5.41) is 13.0. The van der Waals surface area contributed by atoms with E-state index in [2.05, 4.69) is 5.10 Å². The Morgan fingerprint density at radius 1 is 1.27 bits per heavy atom. The molecule has 1 aliphatic heterocycles. The van der Waals surface area contributed by atoms with Crippen molar-refractivity contribution in [1.82, 2.24) is 19.0 Å². The molecule has 0 saturated carbocycles. The number of amides is 1. The molecule has 0 aliphatic carbocycles. The number of aryl methyl sites for hydroxylation is 1. The third-order valence-electron chi connectivity index (χ3n) is 3.55. The van der Waals surface area contributed by atoms with Crippen LogP contribution in [0.3, 0.4) is 0 Å². The smallest absolute Gasteiger partial charge is 0.339 e. The molecule has 2 rings (SSSR count). The number of carboxylic acids is 1. The molecule has 1 aliphatic rings. The molecule has 1 N–H and O–H groups in total. The van der Waals surface area contributed by atoms with Gasteiger partial charge in [-0.2, -0.15) is 9.40 Å². The second-order valence-corrected chi connectivity index (χ2v) is 7.22. The van der Waals surface area contributed by atoms with Crippen LogP contribution in [-0.4, -0.2) is 76.3 Å². The van der Waals surface area contributed by atoms with Crippen molar-refractivity contribution < 1.29 is 23.1 Å². The fourth-order valence-corrected chi connectivity index (χ4v) is 3.39. The van der Waals surface area contributed by atoms with E-state index in [1.807, 2.05) is 0 Å². The monoisotopic (exact) mass is 330 g/mol. The van der Waals surface area contributed by atoms with Crippen molar-refractivity contribution in [2.24, 2.45) is 7.05 Å². The fraction of sp³-hybridized carbons (Fsp3) is 0.583. The van der Waals surface area contributed by atoms with Crippen LogP contribution in [0.2, 0.25) is 0 Å². The number of nitrogens with zero attached hydrogens (tertiary/aromatic N) is 4. The SMILES string of the molecule is CCS(=O)(=O)N1CCN(C(=O)c2nn(C)cc2C(=O)O)CC1. The molecule has 1 fully saturated rings. The molecule has 122 valence electrons. The van der Waals surface area contributed by atoms with Crippen LogP contribution in [0.1, 0.15) is 27.8 Å². The predicted octanol–water partition coefficient (Wildman–Crippen LogP) is -0.774. The second kappa shape index (κ2) is 6.05. The van der Waals surface area contributed by atoms with E-state index in [0.29, 0.717) is 0 Å². The summed E-state index contributed by atoms with van der Waals surface area (Å²) in [5.41, 5.74) is -0.280. The van der Waals surface area contributed by atoms with E-state index in [9.17, 15) is 18.0 Å². The molecule has 0 radical (unpaired) electrons. The van der Waals surface area contributed by atoms with E-state index in [0.717, 1.165) is 0 Å². The maximum atomic E-state index is 12.4. The Morgan fingerprint density at radius 3 is 2.36 bits per heavy atom. The number of rotatable bonds is 4. The zero-order chi connectivity index (χ0) is 16.5. The molecule has 10 heteroatoms. The summed E-state index contributed by atoms with van der Waals surface area (Å²) in [5.74, 6) is -1.69. The molecule has 0 aromatic carbocycles. The fourth-order valence-electron chi connectivity index (χ4n) is 2.30. The average molecular weight is 330 g/mol. The van der Waals surface area contributed by atoms with Crippen LogP contribution in [0.15, 0.2) is 6.20 Å². The maximum Gasteiger partial charge on any atom is 0.339 e. The first kappa shape index (κ1) is 16.4. The Labute approximate surface area is 128 Å². The summed E-state index contributed by atoms with van der Waals surface area (Å²) in [4.78, 5) is 24.9. The minimum atomic E-state index is -3.27. The van der Waals surface area contributed by atoms with Gasteiger partial charge in [-0.3, -0.25) is 9.48 Å². The van der Waals surface area contributed by atoms with E-state index >= 15 is 0 Å². The average Bonchev–Trinajstić information content (AvgIpc) is 2.89. The van der Waals surface area contributed by atoms with E-state index in [4.69, 9.17) is 5.11 Å². The van der Waals surface area contributed by atoms with Gasteiger partial charge in [0.2, 0.25) is 10.0 Å². The Balaban J connectivity index is 2.12. The largest absolute Gasteiger partial charge is 0.478 e. The van der Waals surface area contributed by atoms with Gasteiger partial charge < -0.3 is 10.0 Å². The van der Waals surface area contributed by atoms with Crippen molar-refractivity contribution in [2.45, 2.75) is 6.92 Å². The highest BCUT2D eigenvalue weighted by Crippen LogP contribution is 2.14. The lowest BCUT2D eigenvalue weighted by atomic mass is 10.2. The normalized spacial score (nSPS) is 16.7. The number of aromatic nitrogens is 2. The van der Waals surface area contributed by atoms with Crippen molar-refractivity contribution in [3.63, 3.8) is 0 Å². The number of hydrogen-bond donors (Lipinski definition) is 1. The summed E-state index contributed by atoms with van der Waals surface area (Å²) in [7, 11) is -1.73. The highest BCUT2D eigenvalue weighted by molar-refractivity contribution is 7.89. The second-order valence-electron chi connectivity index (χ2n) is 4.96. The zero-order valence-electron chi connectivity index (χ0n) is 12.4. The molecule has 0 spiro atoms. The summed E-state index contributed by atoms with van der Waals surface area (Å²) in [6.45, 7) is 2.41. The minimum absolute atomic E-state index is 0.0182. The van der Waals surface area contributed by atoms with Gasteiger partial charge in [-0.1, -0.05) is 0 Å². The van der Waals surface area contributed by atoms with Crippen LogP contribution < -0.4 is 0 Å². The Hall–Kier alpha value is -1.94. The minimum Gasteiger partial charge on any atom is -0.478 e. The summed E-state index contributed by atoms with van der Waals surface area (Å²) in [6.07, 6.45) is 1.27. The van der Waals surface area contributed by atoms with Gasteiger partial charge in [0.05, 0.1) is 5.75 Å². The van der Waals surface area contributed by atoms with Gasteiger partial charge in [-0.05, 0) is 6.92 Å². The summed E-state index contributed by atoms with van der Waals surface area (Å²) < 4.78 is 26.2. The van der Waals surface area contributed by atoms with Gasteiger partial charge in [0, 0.05) is 39.4 Å². The highest BCUT2D eigenvalue weighted by Gasteiger charge is 2.31. The molecule has 0 unspecified atom stereocenters. The Morgan fingerprint density at radius 2 is 1.86 bits per heavy atom. The molecule has 0 bridgehead atoms. The number of piperazine rings is 1. The lowest BCUT2D eigenvalue weighted by Gasteiger charge is -2.33. The molecular weight excluding hydrogens is 312 g/mol. The molecule has 9 nitrogen and oxygen atoms in total. The van der Waals surface area contributed by atoms with Gasteiger partial charge in [0.25, 0.3) is 5.91 Å². The van der Waals surface area contributed by atoms with Gasteiger partial charge in [0.1, 0.15) is 5.56 Å². The molecule has 1 amide bonds. The molecule has 1 saturated heterocycles. The number of carbonyl (C=O) groups is 2. The van der Waals surface area contributed by atoms with Crippen LogP contribution in [0.4, 0.5) is 0 Å². The standard InChI is InChI=1S/C12H18N4O5S/c1-3-22(20,21)16-6-4-15(5-7-16)11(17)10-9(12(18)19)8-14(2)13-10/h8H,3-7H2,1-2H3,(H,18,19).